The minimum absolute atomic E-state index is 0.0277. The van der Waals surface area contributed by atoms with Gasteiger partial charge in [-0.05, 0) is 18.6 Å². The molecule has 1 heterocycles. The fourth-order valence-electron chi connectivity index (χ4n) is 2.67. The first-order valence-electron chi connectivity index (χ1n) is 8.54. The third kappa shape index (κ3) is 5.27. The Morgan fingerprint density at radius 1 is 1.28 bits per heavy atom. The van der Waals surface area contributed by atoms with Crippen LogP contribution < -0.4 is 9.47 Å². The fraction of sp³-hybridized carbons (Fsp3) is 0.556. The van der Waals surface area contributed by atoms with Crippen molar-refractivity contribution in [1.29, 1.82) is 0 Å². The first-order valence-corrected chi connectivity index (χ1v) is 8.54. The number of nitrogens with zero attached hydrogens (tertiary/aromatic N) is 1. The highest BCUT2D eigenvalue weighted by atomic mass is 16.6. The summed E-state index contributed by atoms with van der Waals surface area (Å²) in [6.45, 7) is 3.68. The van der Waals surface area contributed by atoms with Crippen molar-refractivity contribution in [2.75, 3.05) is 26.8 Å². The van der Waals surface area contributed by atoms with Crippen LogP contribution >= 0.6 is 0 Å². The zero-order chi connectivity index (χ0) is 18.2. The summed E-state index contributed by atoms with van der Waals surface area (Å²) in [6.07, 6.45) is 2.98. The van der Waals surface area contributed by atoms with E-state index in [2.05, 4.69) is 6.92 Å². The summed E-state index contributed by atoms with van der Waals surface area (Å²) in [5, 5.41) is 9.10. The molecular weight excluding hydrogens is 326 g/mol. The van der Waals surface area contributed by atoms with Crippen LogP contribution in [0.1, 0.15) is 43.0 Å². The first kappa shape index (κ1) is 18.9. The van der Waals surface area contributed by atoms with Gasteiger partial charge in [0.2, 0.25) is 0 Å². The van der Waals surface area contributed by atoms with Crippen molar-refractivity contribution in [2.24, 2.45) is 0 Å². The minimum atomic E-state index is -1.04. The van der Waals surface area contributed by atoms with Gasteiger partial charge in [0.25, 0.3) is 0 Å². The maximum absolute atomic E-state index is 11.9. The summed E-state index contributed by atoms with van der Waals surface area (Å²) in [6, 6.07) is 4.67. The van der Waals surface area contributed by atoms with E-state index in [1.54, 1.807) is 17.0 Å². The van der Waals surface area contributed by atoms with Crippen LogP contribution in [0.3, 0.4) is 0 Å². The van der Waals surface area contributed by atoms with E-state index in [0.29, 0.717) is 38.3 Å². The Morgan fingerprint density at radius 3 is 2.60 bits per heavy atom. The summed E-state index contributed by atoms with van der Waals surface area (Å²) < 4.78 is 16.2. The number of hydrogen-bond acceptors (Lipinski definition) is 5. The van der Waals surface area contributed by atoms with Crippen molar-refractivity contribution in [3.05, 3.63) is 23.8 Å². The number of hydrogen-bond donors (Lipinski definition) is 1. The molecule has 0 spiro atoms. The van der Waals surface area contributed by atoms with Gasteiger partial charge >= 0.3 is 12.1 Å². The molecule has 0 atom stereocenters. The van der Waals surface area contributed by atoms with Gasteiger partial charge in [-0.25, -0.2) is 9.59 Å². The number of rotatable bonds is 7. The number of carbonyl (C=O) groups excluding carboxylic acids is 1. The summed E-state index contributed by atoms with van der Waals surface area (Å²) in [5.74, 6) is -0.217. The zero-order valence-electron chi connectivity index (χ0n) is 14.7. The molecule has 25 heavy (non-hydrogen) atoms. The number of ether oxygens (including phenoxy) is 3. The number of benzene rings is 1. The van der Waals surface area contributed by atoms with Crippen LogP contribution in [0, 0.1) is 0 Å². The third-order valence-electron chi connectivity index (χ3n) is 4.13. The topological polar surface area (TPSA) is 85.3 Å². The van der Waals surface area contributed by atoms with Crippen LogP contribution in [0.5, 0.6) is 11.5 Å². The predicted octanol–water partition coefficient (Wildman–Crippen LogP) is 3.17. The molecule has 1 fully saturated rings. The molecule has 1 aliphatic rings. The second-order valence-corrected chi connectivity index (χ2v) is 5.94. The molecule has 1 N–H and O–H groups in total. The molecule has 1 aromatic rings. The van der Waals surface area contributed by atoms with Gasteiger partial charge in [0.15, 0.2) is 0 Å². The monoisotopic (exact) mass is 351 g/mol. The maximum Gasteiger partial charge on any atom is 0.409 e. The molecule has 1 saturated heterocycles. The Kier molecular flexibility index (Phi) is 6.91. The summed E-state index contributed by atoms with van der Waals surface area (Å²) in [5.41, 5.74) is 0.0968. The molecule has 2 rings (SSSR count). The Labute approximate surface area is 147 Å². The highest BCUT2D eigenvalue weighted by molar-refractivity contribution is 5.91. The largest absolute Gasteiger partial charge is 0.496 e. The lowest BCUT2D eigenvalue weighted by Gasteiger charge is -2.31. The van der Waals surface area contributed by atoms with Gasteiger partial charge in [0, 0.05) is 32.0 Å². The van der Waals surface area contributed by atoms with E-state index in [-0.39, 0.29) is 23.5 Å². The van der Waals surface area contributed by atoms with Gasteiger partial charge in [-0.3, -0.25) is 0 Å². The summed E-state index contributed by atoms with van der Waals surface area (Å²) in [4.78, 5) is 24.7. The van der Waals surface area contributed by atoms with Gasteiger partial charge in [0.05, 0.1) is 13.7 Å². The van der Waals surface area contributed by atoms with E-state index in [1.807, 2.05) is 0 Å². The van der Waals surface area contributed by atoms with Crippen LogP contribution in [0.25, 0.3) is 0 Å². The molecular formula is C18H25NO6. The average Bonchev–Trinajstić information content (AvgIpc) is 2.62. The van der Waals surface area contributed by atoms with Gasteiger partial charge < -0.3 is 24.2 Å². The minimum Gasteiger partial charge on any atom is -0.496 e. The lowest BCUT2D eigenvalue weighted by molar-refractivity contribution is 0.0669. The SMILES string of the molecule is CCCCOC(=O)N1CCC(Oc2ccc(C(=O)O)c(OC)c2)CC1. The van der Waals surface area contributed by atoms with E-state index in [0.717, 1.165) is 12.8 Å². The molecule has 0 bridgehead atoms. The summed E-state index contributed by atoms with van der Waals surface area (Å²) >= 11 is 0. The number of carboxylic acids is 1. The quantitative estimate of drug-likeness (QED) is 0.760. The number of carbonyl (C=O) groups is 2. The molecule has 1 amide bonds. The van der Waals surface area contributed by atoms with Gasteiger partial charge in [-0.15, -0.1) is 0 Å². The van der Waals surface area contributed by atoms with Crippen LogP contribution in [0.4, 0.5) is 4.79 Å². The van der Waals surface area contributed by atoms with Crippen LogP contribution in [-0.2, 0) is 4.74 Å². The third-order valence-corrected chi connectivity index (χ3v) is 4.13. The Morgan fingerprint density at radius 2 is 2.00 bits per heavy atom. The van der Waals surface area contributed by atoms with Crippen molar-refractivity contribution < 1.29 is 28.9 Å². The van der Waals surface area contributed by atoms with Crippen LogP contribution in [-0.4, -0.2) is 55.0 Å². The molecule has 1 aliphatic heterocycles. The molecule has 0 unspecified atom stereocenters. The summed E-state index contributed by atoms with van der Waals surface area (Å²) in [7, 11) is 1.42. The van der Waals surface area contributed by atoms with Crippen LogP contribution in [0.2, 0.25) is 0 Å². The van der Waals surface area contributed by atoms with Crippen LogP contribution in [0.15, 0.2) is 18.2 Å². The molecule has 0 aliphatic carbocycles. The fourth-order valence-corrected chi connectivity index (χ4v) is 2.67. The molecule has 0 aromatic heterocycles. The number of methoxy groups -OCH3 is 1. The normalized spacial score (nSPS) is 14.9. The molecule has 0 saturated carbocycles. The van der Waals surface area contributed by atoms with E-state index < -0.39 is 5.97 Å². The average molecular weight is 351 g/mol. The zero-order valence-corrected chi connectivity index (χ0v) is 14.7. The van der Waals surface area contributed by atoms with Crippen molar-refractivity contribution >= 4 is 12.1 Å². The number of carboxylic acid groups (broad SMARTS) is 1. The number of unbranched alkanes of at least 4 members (excludes halogenated alkanes) is 1. The maximum atomic E-state index is 11.9. The van der Waals surface area contributed by atoms with Crippen molar-refractivity contribution in [2.45, 2.75) is 38.7 Å². The number of piperidine rings is 1. The highest BCUT2D eigenvalue weighted by Gasteiger charge is 2.25. The van der Waals surface area contributed by atoms with E-state index in [4.69, 9.17) is 19.3 Å². The number of amides is 1. The molecule has 1 aromatic carbocycles. The Hall–Kier alpha value is -2.44. The van der Waals surface area contributed by atoms with Gasteiger partial charge in [-0.1, -0.05) is 13.3 Å². The second-order valence-electron chi connectivity index (χ2n) is 5.94. The number of aromatic carboxylic acids is 1. The Bertz CT molecular complexity index is 595. The molecule has 0 radical (unpaired) electrons. The molecule has 138 valence electrons. The first-order chi connectivity index (χ1) is 12.0. The predicted molar refractivity (Wildman–Crippen MR) is 91.4 cm³/mol. The Balaban J connectivity index is 1.85. The van der Waals surface area contributed by atoms with Gasteiger partial charge in [-0.2, -0.15) is 0 Å². The van der Waals surface area contributed by atoms with E-state index >= 15 is 0 Å². The van der Waals surface area contributed by atoms with Crippen molar-refractivity contribution in [3.63, 3.8) is 0 Å². The van der Waals surface area contributed by atoms with Crippen molar-refractivity contribution in [3.8, 4) is 11.5 Å². The lowest BCUT2D eigenvalue weighted by atomic mass is 10.1. The highest BCUT2D eigenvalue weighted by Crippen LogP contribution is 2.27. The van der Waals surface area contributed by atoms with Crippen molar-refractivity contribution in [1.82, 2.24) is 4.90 Å². The van der Waals surface area contributed by atoms with Gasteiger partial charge in [0.1, 0.15) is 23.2 Å². The lowest BCUT2D eigenvalue weighted by Crippen LogP contribution is -2.42. The van der Waals surface area contributed by atoms with E-state index in [1.165, 1.54) is 13.2 Å². The molecule has 7 heteroatoms. The smallest absolute Gasteiger partial charge is 0.409 e. The van der Waals surface area contributed by atoms with E-state index in [9.17, 15) is 9.59 Å². The second kappa shape index (κ2) is 9.15. The molecule has 7 nitrogen and oxygen atoms in total. The standard InChI is InChI=1S/C18H25NO6/c1-3-4-11-24-18(22)19-9-7-13(8-10-19)25-14-5-6-15(17(20)21)16(12-14)23-2/h5-6,12-13H,3-4,7-11H2,1-2H3,(H,20,21). The number of likely N-dealkylation sites (tertiary alicyclic amines) is 1.